The van der Waals surface area contributed by atoms with Crippen molar-refractivity contribution >= 4 is 23.1 Å². The highest BCUT2D eigenvalue weighted by Gasteiger charge is 2.13. The van der Waals surface area contributed by atoms with E-state index in [1.54, 1.807) is 17.5 Å². The van der Waals surface area contributed by atoms with Gasteiger partial charge in [0.25, 0.3) is 0 Å². The maximum Gasteiger partial charge on any atom is 0.205 e. The van der Waals surface area contributed by atoms with E-state index in [0.29, 0.717) is 17.5 Å². The van der Waals surface area contributed by atoms with Gasteiger partial charge in [-0.25, -0.2) is 4.98 Å². The van der Waals surface area contributed by atoms with Crippen molar-refractivity contribution in [3.8, 4) is 10.6 Å². The molecule has 3 heterocycles. The van der Waals surface area contributed by atoms with Crippen LogP contribution in [0.4, 0.5) is 0 Å². The Labute approximate surface area is 136 Å². The Balaban J connectivity index is 1.69. The van der Waals surface area contributed by atoms with E-state index in [1.807, 2.05) is 22.1 Å². The first-order valence-corrected chi connectivity index (χ1v) is 8.82. The second-order valence-corrected chi connectivity index (χ2v) is 6.48. The predicted octanol–water partition coefficient (Wildman–Crippen LogP) is 3.19. The second-order valence-electron chi connectivity index (χ2n) is 4.59. The molecule has 0 spiro atoms. The van der Waals surface area contributed by atoms with E-state index in [9.17, 15) is 5.11 Å². The van der Waals surface area contributed by atoms with Crippen molar-refractivity contribution in [3.63, 3.8) is 0 Å². The highest BCUT2D eigenvalue weighted by atomic mass is 32.2. The van der Waals surface area contributed by atoms with Crippen LogP contribution >= 0.6 is 23.1 Å². The molecule has 0 amide bonds. The summed E-state index contributed by atoms with van der Waals surface area (Å²) in [5.74, 6) is 2.62. The Hall–Kier alpha value is -1.64. The zero-order valence-electron chi connectivity index (χ0n) is 12.1. The van der Waals surface area contributed by atoms with Crippen molar-refractivity contribution in [1.29, 1.82) is 0 Å². The van der Waals surface area contributed by atoms with Crippen LogP contribution in [0, 0.1) is 0 Å². The van der Waals surface area contributed by atoms with Gasteiger partial charge in [0.1, 0.15) is 6.61 Å². The van der Waals surface area contributed by atoms with Crippen molar-refractivity contribution in [2.45, 2.75) is 37.4 Å². The quantitative estimate of drug-likeness (QED) is 0.668. The minimum Gasteiger partial charge on any atom is -0.439 e. The molecule has 1 N–H and O–H groups in total. The molecule has 0 aliphatic carbocycles. The lowest BCUT2D eigenvalue weighted by Crippen LogP contribution is -2.04. The molecular weight excluding hydrogens is 320 g/mol. The van der Waals surface area contributed by atoms with Crippen LogP contribution in [0.5, 0.6) is 0 Å². The standard InChI is InChI=1S/C14H16N4O2S2/c1-2-5-18-12(8-19)16-17-14(18)22-9-13-15-7-10(20-13)11-4-3-6-21-11/h3-4,6-7,19H,2,5,8-9H2,1H3. The van der Waals surface area contributed by atoms with Gasteiger partial charge in [0.2, 0.25) is 5.89 Å². The third-order valence-corrected chi connectivity index (χ3v) is 4.86. The fourth-order valence-electron chi connectivity index (χ4n) is 2.03. The second kappa shape index (κ2) is 7.08. The van der Waals surface area contributed by atoms with Gasteiger partial charge in [-0.3, -0.25) is 0 Å². The number of hydrogen-bond acceptors (Lipinski definition) is 7. The number of aromatic nitrogens is 4. The summed E-state index contributed by atoms with van der Waals surface area (Å²) in [5, 5.41) is 20.2. The minimum atomic E-state index is -0.102. The fraction of sp³-hybridized carbons (Fsp3) is 0.357. The average Bonchev–Trinajstić information content (AvgIpc) is 3.26. The predicted molar refractivity (Wildman–Crippen MR) is 85.6 cm³/mol. The highest BCUT2D eigenvalue weighted by Crippen LogP contribution is 2.28. The maximum absolute atomic E-state index is 9.29. The van der Waals surface area contributed by atoms with Crippen molar-refractivity contribution in [3.05, 3.63) is 35.4 Å². The molecule has 3 aromatic rings. The molecular formula is C14H16N4O2S2. The zero-order valence-corrected chi connectivity index (χ0v) is 13.7. The lowest BCUT2D eigenvalue weighted by Gasteiger charge is -2.06. The van der Waals surface area contributed by atoms with E-state index in [2.05, 4.69) is 22.1 Å². The van der Waals surface area contributed by atoms with Gasteiger partial charge in [-0.05, 0) is 17.9 Å². The van der Waals surface area contributed by atoms with E-state index < -0.39 is 0 Å². The molecule has 116 valence electrons. The SMILES string of the molecule is CCCn1c(CO)nnc1SCc1ncc(-c2cccs2)o1. The monoisotopic (exact) mass is 336 g/mol. The lowest BCUT2D eigenvalue weighted by atomic mass is 10.4. The van der Waals surface area contributed by atoms with Crippen molar-refractivity contribution in [2.24, 2.45) is 0 Å². The van der Waals surface area contributed by atoms with Crippen molar-refractivity contribution in [2.75, 3.05) is 0 Å². The van der Waals surface area contributed by atoms with Crippen LogP contribution in [0.2, 0.25) is 0 Å². The summed E-state index contributed by atoms with van der Waals surface area (Å²) in [6, 6.07) is 3.99. The molecule has 8 heteroatoms. The first-order chi connectivity index (χ1) is 10.8. The van der Waals surface area contributed by atoms with E-state index in [-0.39, 0.29) is 6.61 Å². The summed E-state index contributed by atoms with van der Waals surface area (Å²) in [6.45, 7) is 2.77. The zero-order chi connectivity index (χ0) is 15.4. The fourth-order valence-corrected chi connectivity index (χ4v) is 3.54. The molecule has 22 heavy (non-hydrogen) atoms. The Morgan fingerprint density at radius 3 is 3.05 bits per heavy atom. The molecule has 0 aliphatic heterocycles. The van der Waals surface area contributed by atoms with Gasteiger partial charge >= 0.3 is 0 Å². The van der Waals surface area contributed by atoms with Gasteiger partial charge in [-0.2, -0.15) is 0 Å². The normalized spacial score (nSPS) is 11.2. The van der Waals surface area contributed by atoms with Crippen LogP contribution in [-0.2, 0) is 18.9 Å². The summed E-state index contributed by atoms with van der Waals surface area (Å²) in [5.41, 5.74) is 0. The van der Waals surface area contributed by atoms with Gasteiger partial charge in [0.05, 0.1) is 16.8 Å². The minimum absolute atomic E-state index is 0.102. The molecule has 0 radical (unpaired) electrons. The largest absolute Gasteiger partial charge is 0.439 e. The smallest absolute Gasteiger partial charge is 0.205 e. The molecule has 3 rings (SSSR count). The molecule has 0 aliphatic rings. The van der Waals surface area contributed by atoms with Crippen molar-refractivity contribution < 1.29 is 9.52 Å². The summed E-state index contributed by atoms with van der Waals surface area (Å²) in [6.07, 6.45) is 2.71. The maximum atomic E-state index is 9.29. The van der Waals surface area contributed by atoms with Crippen LogP contribution in [0.1, 0.15) is 25.1 Å². The van der Waals surface area contributed by atoms with Gasteiger partial charge in [0, 0.05) is 6.54 Å². The molecule has 3 aromatic heterocycles. The van der Waals surface area contributed by atoms with Crippen molar-refractivity contribution in [1.82, 2.24) is 19.7 Å². The Morgan fingerprint density at radius 1 is 1.41 bits per heavy atom. The van der Waals surface area contributed by atoms with E-state index >= 15 is 0 Å². The summed E-state index contributed by atoms with van der Waals surface area (Å²) in [7, 11) is 0. The van der Waals surface area contributed by atoms with E-state index in [0.717, 1.165) is 28.8 Å². The topological polar surface area (TPSA) is 77.0 Å². The summed E-state index contributed by atoms with van der Waals surface area (Å²) in [4.78, 5) is 5.37. The molecule has 0 saturated heterocycles. The molecule has 0 aromatic carbocycles. The molecule has 0 saturated carbocycles. The first-order valence-electron chi connectivity index (χ1n) is 6.96. The third kappa shape index (κ3) is 3.23. The number of nitrogens with zero attached hydrogens (tertiary/aromatic N) is 4. The Morgan fingerprint density at radius 2 is 2.32 bits per heavy atom. The van der Waals surface area contributed by atoms with Crippen LogP contribution in [0.25, 0.3) is 10.6 Å². The Bertz CT molecular complexity index is 721. The average molecular weight is 336 g/mol. The molecule has 0 atom stereocenters. The number of rotatable bonds is 7. The van der Waals surface area contributed by atoms with Crippen LogP contribution in [0.3, 0.4) is 0 Å². The lowest BCUT2D eigenvalue weighted by molar-refractivity contribution is 0.263. The molecule has 0 fully saturated rings. The van der Waals surface area contributed by atoms with E-state index in [1.165, 1.54) is 11.8 Å². The summed E-state index contributed by atoms with van der Waals surface area (Å²) < 4.78 is 7.69. The third-order valence-electron chi connectivity index (χ3n) is 3.02. The number of oxazole rings is 1. The Kier molecular flexibility index (Phi) is 4.91. The first kappa shape index (κ1) is 15.3. The number of aliphatic hydroxyl groups excluding tert-OH is 1. The molecule has 0 bridgehead atoms. The molecule has 0 unspecified atom stereocenters. The molecule has 6 nitrogen and oxygen atoms in total. The van der Waals surface area contributed by atoms with Crippen LogP contribution in [0.15, 0.2) is 33.3 Å². The number of thiophene rings is 1. The van der Waals surface area contributed by atoms with Gasteiger partial charge in [-0.1, -0.05) is 24.8 Å². The van der Waals surface area contributed by atoms with Gasteiger partial charge in [-0.15, -0.1) is 21.5 Å². The van der Waals surface area contributed by atoms with Crippen LogP contribution in [-0.4, -0.2) is 24.9 Å². The number of hydrogen-bond donors (Lipinski definition) is 1. The van der Waals surface area contributed by atoms with Gasteiger partial charge < -0.3 is 14.1 Å². The van der Waals surface area contributed by atoms with Gasteiger partial charge in [0.15, 0.2) is 16.7 Å². The summed E-state index contributed by atoms with van der Waals surface area (Å²) >= 11 is 3.14. The van der Waals surface area contributed by atoms with Crippen LogP contribution < -0.4 is 0 Å². The van der Waals surface area contributed by atoms with E-state index in [4.69, 9.17) is 4.42 Å². The number of aliphatic hydroxyl groups is 1. The number of thioether (sulfide) groups is 1. The highest BCUT2D eigenvalue weighted by molar-refractivity contribution is 7.98.